The van der Waals surface area contributed by atoms with Crippen molar-refractivity contribution >= 4 is 5.91 Å². The lowest BCUT2D eigenvalue weighted by Crippen LogP contribution is -2.71. The standard InChI is InChI=1S/C11H18N4O/c1-8(2)11(12)6-15(7-11)10(16)9-4-5-14(3)13-9/h4-5,8H,6-7,12H2,1-3H3. The maximum Gasteiger partial charge on any atom is 0.274 e. The molecule has 1 aromatic heterocycles. The number of rotatable bonds is 2. The van der Waals surface area contributed by atoms with Gasteiger partial charge in [0.25, 0.3) is 5.91 Å². The Morgan fingerprint density at radius 3 is 2.62 bits per heavy atom. The summed E-state index contributed by atoms with van der Waals surface area (Å²) >= 11 is 0. The topological polar surface area (TPSA) is 64.2 Å². The maximum absolute atomic E-state index is 11.9. The fraction of sp³-hybridized carbons (Fsp3) is 0.636. The van der Waals surface area contributed by atoms with Crippen molar-refractivity contribution in [1.29, 1.82) is 0 Å². The van der Waals surface area contributed by atoms with Crippen LogP contribution in [0.1, 0.15) is 24.3 Å². The minimum absolute atomic E-state index is 0.0256. The third kappa shape index (κ3) is 1.71. The summed E-state index contributed by atoms with van der Waals surface area (Å²) in [7, 11) is 1.80. The molecule has 0 spiro atoms. The summed E-state index contributed by atoms with van der Waals surface area (Å²) < 4.78 is 1.63. The van der Waals surface area contributed by atoms with Crippen LogP contribution >= 0.6 is 0 Å². The predicted molar refractivity (Wildman–Crippen MR) is 60.9 cm³/mol. The van der Waals surface area contributed by atoms with Gasteiger partial charge < -0.3 is 10.6 Å². The number of carbonyl (C=O) groups is 1. The number of aryl methyl sites for hydroxylation is 1. The molecule has 1 saturated heterocycles. The molecule has 0 bridgehead atoms. The summed E-state index contributed by atoms with van der Waals surface area (Å²) in [6.45, 7) is 5.42. The Kier molecular flexibility index (Phi) is 2.50. The Morgan fingerprint density at radius 1 is 1.56 bits per heavy atom. The third-order valence-corrected chi connectivity index (χ3v) is 3.34. The third-order valence-electron chi connectivity index (χ3n) is 3.34. The van der Waals surface area contributed by atoms with Crippen LogP contribution in [0.3, 0.4) is 0 Å². The van der Waals surface area contributed by atoms with Gasteiger partial charge in [0, 0.05) is 26.3 Å². The number of nitrogens with zero attached hydrogens (tertiary/aromatic N) is 3. The first kappa shape index (κ1) is 11.1. The summed E-state index contributed by atoms with van der Waals surface area (Å²) in [4.78, 5) is 13.7. The number of hydrogen-bond donors (Lipinski definition) is 1. The van der Waals surface area contributed by atoms with Crippen molar-refractivity contribution in [1.82, 2.24) is 14.7 Å². The van der Waals surface area contributed by atoms with Gasteiger partial charge in [0.15, 0.2) is 0 Å². The lowest BCUT2D eigenvalue weighted by molar-refractivity contribution is 0.0269. The highest BCUT2D eigenvalue weighted by molar-refractivity contribution is 5.93. The number of aromatic nitrogens is 2. The fourth-order valence-electron chi connectivity index (χ4n) is 1.86. The van der Waals surface area contributed by atoms with Crippen molar-refractivity contribution in [2.75, 3.05) is 13.1 Å². The van der Waals surface area contributed by atoms with E-state index in [-0.39, 0.29) is 11.4 Å². The Morgan fingerprint density at radius 2 is 2.19 bits per heavy atom. The van der Waals surface area contributed by atoms with Gasteiger partial charge in [-0.1, -0.05) is 13.8 Å². The van der Waals surface area contributed by atoms with Gasteiger partial charge in [0.2, 0.25) is 0 Å². The first-order valence-corrected chi connectivity index (χ1v) is 5.50. The van der Waals surface area contributed by atoms with Gasteiger partial charge in [-0.2, -0.15) is 5.10 Å². The molecule has 1 fully saturated rings. The van der Waals surface area contributed by atoms with Gasteiger partial charge in [-0.25, -0.2) is 0 Å². The van der Waals surface area contributed by atoms with E-state index in [1.807, 2.05) is 0 Å². The fourth-order valence-corrected chi connectivity index (χ4v) is 1.86. The molecule has 1 aliphatic rings. The van der Waals surface area contributed by atoms with Crippen LogP contribution in [-0.4, -0.2) is 39.2 Å². The van der Waals surface area contributed by atoms with Crippen LogP contribution in [-0.2, 0) is 7.05 Å². The van der Waals surface area contributed by atoms with E-state index >= 15 is 0 Å². The van der Waals surface area contributed by atoms with Crippen LogP contribution in [0.15, 0.2) is 12.3 Å². The van der Waals surface area contributed by atoms with Gasteiger partial charge in [-0.15, -0.1) is 0 Å². The Labute approximate surface area is 95.2 Å². The molecule has 88 valence electrons. The zero-order valence-corrected chi connectivity index (χ0v) is 9.97. The van der Waals surface area contributed by atoms with E-state index in [2.05, 4.69) is 18.9 Å². The molecule has 1 aliphatic heterocycles. The van der Waals surface area contributed by atoms with E-state index in [1.165, 1.54) is 0 Å². The minimum Gasteiger partial charge on any atom is -0.333 e. The van der Waals surface area contributed by atoms with Crippen LogP contribution in [0.5, 0.6) is 0 Å². The van der Waals surface area contributed by atoms with Gasteiger partial charge >= 0.3 is 0 Å². The first-order chi connectivity index (χ1) is 7.42. The molecule has 16 heavy (non-hydrogen) atoms. The summed E-state index contributed by atoms with van der Waals surface area (Å²) in [5.41, 5.74) is 6.41. The lowest BCUT2D eigenvalue weighted by Gasteiger charge is -2.50. The van der Waals surface area contributed by atoms with E-state index in [9.17, 15) is 4.79 Å². The van der Waals surface area contributed by atoms with E-state index in [4.69, 9.17) is 5.73 Å². The Bertz CT molecular complexity index is 404. The molecular formula is C11H18N4O. The molecule has 0 aliphatic carbocycles. The number of amides is 1. The molecule has 0 unspecified atom stereocenters. The minimum atomic E-state index is -0.218. The highest BCUT2D eigenvalue weighted by Gasteiger charge is 2.44. The zero-order chi connectivity index (χ0) is 11.9. The van der Waals surface area contributed by atoms with E-state index in [0.29, 0.717) is 24.7 Å². The molecule has 5 nitrogen and oxygen atoms in total. The van der Waals surface area contributed by atoms with Gasteiger partial charge in [-0.3, -0.25) is 9.48 Å². The van der Waals surface area contributed by atoms with Crippen LogP contribution < -0.4 is 5.73 Å². The van der Waals surface area contributed by atoms with Gasteiger partial charge in [0.05, 0.1) is 5.54 Å². The van der Waals surface area contributed by atoms with Gasteiger partial charge in [-0.05, 0) is 12.0 Å². The van der Waals surface area contributed by atoms with Gasteiger partial charge in [0.1, 0.15) is 5.69 Å². The SMILES string of the molecule is CC(C)C1(N)CN(C(=O)c2ccn(C)n2)C1. The zero-order valence-electron chi connectivity index (χ0n) is 9.97. The first-order valence-electron chi connectivity index (χ1n) is 5.50. The van der Waals surface area contributed by atoms with Crippen molar-refractivity contribution in [3.63, 3.8) is 0 Å². The molecule has 1 amide bonds. The number of likely N-dealkylation sites (tertiary alicyclic amines) is 1. The van der Waals surface area contributed by atoms with Crippen LogP contribution in [0.25, 0.3) is 0 Å². The molecule has 5 heteroatoms. The molecule has 0 radical (unpaired) electrons. The Balaban J connectivity index is 2.00. The van der Waals surface area contributed by atoms with E-state index < -0.39 is 0 Å². The number of carbonyl (C=O) groups excluding carboxylic acids is 1. The summed E-state index contributed by atoms with van der Waals surface area (Å²) in [5, 5.41) is 4.09. The molecule has 1 aromatic rings. The largest absolute Gasteiger partial charge is 0.333 e. The van der Waals surface area contributed by atoms with Crippen LogP contribution in [0.2, 0.25) is 0 Å². The predicted octanol–water partition coefficient (Wildman–Crippen LogP) is 0.229. The summed E-state index contributed by atoms with van der Waals surface area (Å²) in [5.74, 6) is 0.364. The normalized spacial score (nSPS) is 18.7. The smallest absolute Gasteiger partial charge is 0.274 e. The number of nitrogens with two attached hydrogens (primary N) is 1. The molecule has 2 heterocycles. The van der Waals surface area contributed by atoms with E-state index in [1.54, 1.807) is 28.9 Å². The second kappa shape index (κ2) is 3.59. The monoisotopic (exact) mass is 222 g/mol. The average molecular weight is 222 g/mol. The second-order valence-corrected chi connectivity index (χ2v) is 4.92. The van der Waals surface area contributed by atoms with Crippen LogP contribution in [0, 0.1) is 5.92 Å². The molecular weight excluding hydrogens is 204 g/mol. The average Bonchev–Trinajstić information content (AvgIpc) is 2.58. The van der Waals surface area contributed by atoms with Crippen molar-refractivity contribution in [3.8, 4) is 0 Å². The highest BCUT2D eigenvalue weighted by atomic mass is 16.2. The molecule has 0 aromatic carbocycles. The second-order valence-electron chi connectivity index (χ2n) is 4.92. The summed E-state index contributed by atoms with van der Waals surface area (Å²) in [6.07, 6.45) is 1.77. The molecule has 0 atom stereocenters. The van der Waals surface area contributed by atoms with Crippen molar-refractivity contribution < 1.29 is 4.79 Å². The molecule has 0 saturated carbocycles. The van der Waals surface area contributed by atoms with Crippen LogP contribution in [0.4, 0.5) is 0 Å². The Hall–Kier alpha value is -1.36. The van der Waals surface area contributed by atoms with Crippen molar-refractivity contribution in [3.05, 3.63) is 18.0 Å². The lowest BCUT2D eigenvalue weighted by atomic mass is 9.80. The highest BCUT2D eigenvalue weighted by Crippen LogP contribution is 2.27. The maximum atomic E-state index is 11.9. The van der Waals surface area contributed by atoms with Crippen molar-refractivity contribution in [2.45, 2.75) is 19.4 Å². The quantitative estimate of drug-likeness (QED) is 0.779. The van der Waals surface area contributed by atoms with Crippen molar-refractivity contribution in [2.24, 2.45) is 18.7 Å². The summed E-state index contributed by atoms with van der Waals surface area (Å²) in [6, 6.07) is 1.73. The number of hydrogen-bond acceptors (Lipinski definition) is 3. The van der Waals surface area contributed by atoms with E-state index in [0.717, 1.165) is 0 Å². The molecule has 2 rings (SSSR count). The molecule has 2 N–H and O–H groups in total.